The Balaban J connectivity index is 1.43. The largest absolute Gasteiger partial charge is 0.324 e. The Morgan fingerprint density at radius 3 is 1.11 bits per heavy atom. The Morgan fingerprint density at radius 2 is 0.727 bits per heavy atom. The van der Waals surface area contributed by atoms with Crippen LogP contribution >= 0.6 is 0 Å². The van der Waals surface area contributed by atoms with Crippen molar-refractivity contribution in [2.24, 2.45) is 0 Å². The summed E-state index contributed by atoms with van der Waals surface area (Å²) in [5, 5.41) is 3.40. The maximum absolute atomic E-state index is 12.2. The van der Waals surface area contributed by atoms with Gasteiger partial charge in [-0.1, -0.05) is 72.8 Å². The van der Waals surface area contributed by atoms with Crippen molar-refractivity contribution < 1.29 is 0 Å². The maximum atomic E-state index is 12.2. The van der Waals surface area contributed by atoms with E-state index in [2.05, 4.69) is 19.9 Å². The number of aromatic nitrogens is 10. The van der Waals surface area contributed by atoms with Gasteiger partial charge < -0.3 is 19.9 Å². The van der Waals surface area contributed by atoms with Crippen LogP contribution in [-0.4, -0.2) is 49.8 Å². The molecule has 0 atom stereocenters. The maximum Gasteiger partial charge on any atom is 0.323 e. The summed E-state index contributed by atoms with van der Waals surface area (Å²) in [4.78, 5) is 54.6. The molecule has 6 heterocycles. The molecule has 4 N–H and O–H groups in total. The van der Waals surface area contributed by atoms with Crippen LogP contribution in [0.5, 0.6) is 0 Å². The number of rotatable bonds is 0. The molecular formula is C33H18N10O. The molecule has 0 fully saturated rings. The lowest BCUT2D eigenvalue weighted by Crippen LogP contribution is -1.99. The molecule has 0 unspecified atom stereocenters. The topological polar surface area (TPSA) is 158 Å². The van der Waals surface area contributed by atoms with Crippen molar-refractivity contribution in [3.8, 4) is 45.6 Å². The molecule has 11 heteroatoms. The van der Waals surface area contributed by atoms with Gasteiger partial charge >= 0.3 is 5.69 Å². The van der Waals surface area contributed by atoms with Crippen LogP contribution < -0.4 is 5.69 Å². The minimum Gasteiger partial charge on any atom is -0.324 e. The lowest BCUT2D eigenvalue weighted by Gasteiger charge is -1.96. The fraction of sp³-hybridized carbons (Fsp3) is 0. The number of benzene rings is 4. The average molecular weight is 571 g/mol. The van der Waals surface area contributed by atoms with Gasteiger partial charge in [0.15, 0.2) is 23.3 Å². The van der Waals surface area contributed by atoms with Crippen LogP contribution in [0.15, 0.2) is 89.7 Å². The molecule has 11 nitrogen and oxygen atoms in total. The summed E-state index contributed by atoms with van der Waals surface area (Å²) in [5.74, 6) is 2.12. The van der Waals surface area contributed by atoms with E-state index in [1.807, 2.05) is 84.9 Å². The molecular weight excluding hydrogens is 552 g/mol. The van der Waals surface area contributed by atoms with Crippen LogP contribution in [0.4, 0.5) is 0 Å². The molecule has 0 amide bonds. The number of imidazole rings is 1. The summed E-state index contributed by atoms with van der Waals surface area (Å²) in [6.45, 7) is 0. The molecule has 44 heavy (non-hydrogen) atoms. The van der Waals surface area contributed by atoms with Gasteiger partial charge in [0.25, 0.3) is 0 Å². The van der Waals surface area contributed by atoms with E-state index in [4.69, 9.17) is 29.9 Å². The molecule has 0 aliphatic carbocycles. The van der Waals surface area contributed by atoms with Gasteiger partial charge in [-0.15, -0.1) is 0 Å². The van der Waals surface area contributed by atoms with E-state index < -0.39 is 0 Å². The molecule has 0 spiro atoms. The third kappa shape index (κ3) is 3.23. The molecule has 8 bridgehead atoms. The fourth-order valence-electron chi connectivity index (χ4n) is 6.17. The molecule has 2 aliphatic rings. The predicted octanol–water partition coefficient (Wildman–Crippen LogP) is 6.04. The predicted molar refractivity (Wildman–Crippen MR) is 169 cm³/mol. The van der Waals surface area contributed by atoms with E-state index in [0.717, 1.165) is 43.8 Å². The van der Waals surface area contributed by atoms with E-state index in [1.165, 1.54) is 0 Å². The third-order valence-electron chi connectivity index (χ3n) is 8.19. The minimum absolute atomic E-state index is 0.285. The van der Waals surface area contributed by atoms with Crippen LogP contribution in [0, 0.1) is 0 Å². The highest BCUT2D eigenvalue weighted by Crippen LogP contribution is 2.37. The molecule has 0 saturated heterocycles. The van der Waals surface area contributed by atoms with Crippen LogP contribution in [0.3, 0.4) is 0 Å². The number of nitrogens with one attached hydrogen (secondary N) is 4. The summed E-state index contributed by atoms with van der Waals surface area (Å²) >= 11 is 0. The number of fused-ring (bicyclic) bond motifs is 21. The first kappa shape index (κ1) is 23.1. The minimum atomic E-state index is -0.285. The molecule has 4 aromatic heterocycles. The van der Waals surface area contributed by atoms with Crippen molar-refractivity contribution in [1.29, 1.82) is 0 Å². The van der Waals surface area contributed by atoms with Crippen molar-refractivity contribution in [2.75, 3.05) is 0 Å². The molecule has 4 aromatic carbocycles. The van der Waals surface area contributed by atoms with Crippen molar-refractivity contribution in [2.45, 2.75) is 0 Å². The quantitative estimate of drug-likeness (QED) is 0.173. The number of hydrogen-bond donors (Lipinski definition) is 4. The van der Waals surface area contributed by atoms with Gasteiger partial charge in [-0.3, -0.25) is 0 Å². The van der Waals surface area contributed by atoms with Crippen molar-refractivity contribution in [3.05, 3.63) is 95.4 Å². The third-order valence-corrected chi connectivity index (χ3v) is 8.19. The van der Waals surface area contributed by atoms with E-state index in [9.17, 15) is 4.79 Å². The summed E-state index contributed by atoms with van der Waals surface area (Å²) in [6.07, 6.45) is 0. The standard InChI is InChI=1S/C33H18N10O/c44-33-34-23-13-21-22(14-24(23)35-33)32-42-30-20-12-6-4-10-18(20)28(40-30)38-26-16-8-2-1-7-15(16)25(36-26)37-27-17-9-3-5-11-19(17)29(39-27)41-31(21)43-32/h1-14H,(H2,34,35,44)(H2,36,37,38,39,40,41,42,43). The monoisotopic (exact) mass is 570 g/mol. The molecule has 0 saturated carbocycles. The molecule has 206 valence electrons. The van der Waals surface area contributed by atoms with E-state index in [-0.39, 0.29) is 5.69 Å². The first-order chi connectivity index (χ1) is 21.7. The van der Waals surface area contributed by atoms with Crippen LogP contribution in [0.2, 0.25) is 0 Å². The Hall–Kier alpha value is -6.49. The summed E-state index contributed by atoms with van der Waals surface area (Å²) in [7, 11) is 0. The summed E-state index contributed by atoms with van der Waals surface area (Å²) in [5.41, 5.74) is 6.92. The SMILES string of the molecule is O=c1[nH]c2cc3c4nc5nc(nc6[nH]c(nc7nc(nc([nH]4)c3cc2[nH]1)-c1ccccc1-7)c1ccccc61)-c1ccccc1-5. The highest BCUT2D eigenvalue weighted by molar-refractivity contribution is 6.10. The van der Waals surface area contributed by atoms with E-state index >= 15 is 0 Å². The molecule has 0 radical (unpaired) electrons. The van der Waals surface area contributed by atoms with Gasteiger partial charge in [0.2, 0.25) is 0 Å². The zero-order chi connectivity index (χ0) is 28.9. The Labute approximate surface area is 245 Å². The first-order valence-corrected chi connectivity index (χ1v) is 14.0. The summed E-state index contributed by atoms with van der Waals surface area (Å²) in [6, 6.07) is 27.6. The lowest BCUT2D eigenvalue weighted by molar-refractivity contribution is 1.19. The Morgan fingerprint density at radius 1 is 0.386 bits per heavy atom. The van der Waals surface area contributed by atoms with Crippen LogP contribution in [0.1, 0.15) is 0 Å². The van der Waals surface area contributed by atoms with Gasteiger partial charge in [-0.25, -0.2) is 34.7 Å². The van der Waals surface area contributed by atoms with Crippen LogP contribution in [0.25, 0.3) is 101 Å². The first-order valence-electron chi connectivity index (χ1n) is 14.0. The van der Waals surface area contributed by atoms with E-state index in [1.54, 1.807) is 0 Å². The Kier molecular flexibility index (Phi) is 4.36. The second kappa shape index (κ2) is 8.29. The molecule has 8 aromatic rings. The van der Waals surface area contributed by atoms with Crippen molar-refractivity contribution in [3.63, 3.8) is 0 Å². The normalized spacial score (nSPS) is 12.2. The highest BCUT2D eigenvalue weighted by Gasteiger charge is 2.22. The number of nitrogens with zero attached hydrogens (tertiary/aromatic N) is 6. The Bertz CT molecular complexity index is 2590. The van der Waals surface area contributed by atoms with Gasteiger partial charge in [0.1, 0.15) is 22.6 Å². The number of aromatic amines is 4. The second-order valence-electron chi connectivity index (χ2n) is 10.8. The van der Waals surface area contributed by atoms with Gasteiger partial charge in [-0.2, -0.15) is 0 Å². The van der Waals surface area contributed by atoms with Gasteiger partial charge in [0.05, 0.1) is 11.0 Å². The van der Waals surface area contributed by atoms with Crippen molar-refractivity contribution >= 4 is 55.2 Å². The zero-order valence-corrected chi connectivity index (χ0v) is 22.7. The number of H-pyrrole nitrogens is 4. The lowest BCUT2D eigenvalue weighted by atomic mass is 10.1. The second-order valence-corrected chi connectivity index (χ2v) is 10.8. The summed E-state index contributed by atoms with van der Waals surface area (Å²) < 4.78 is 0. The number of hydrogen-bond acceptors (Lipinski definition) is 7. The van der Waals surface area contributed by atoms with Gasteiger partial charge in [-0.05, 0) is 12.1 Å². The molecule has 2 aliphatic heterocycles. The smallest absolute Gasteiger partial charge is 0.323 e. The zero-order valence-electron chi connectivity index (χ0n) is 22.7. The molecule has 10 rings (SSSR count). The average Bonchev–Trinajstić information content (AvgIpc) is 3.83. The van der Waals surface area contributed by atoms with E-state index in [0.29, 0.717) is 56.9 Å². The van der Waals surface area contributed by atoms with Gasteiger partial charge in [0, 0.05) is 43.8 Å². The van der Waals surface area contributed by atoms with Crippen molar-refractivity contribution in [1.82, 2.24) is 49.8 Å². The highest BCUT2D eigenvalue weighted by atomic mass is 16.1. The fourth-order valence-corrected chi connectivity index (χ4v) is 6.17. The van der Waals surface area contributed by atoms with Crippen LogP contribution in [-0.2, 0) is 0 Å².